The Morgan fingerprint density at radius 3 is 2.19 bits per heavy atom. The van der Waals surface area contributed by atoms with Gasteiger partial charge in [-0.15, -0.1) is 0 Å². The molecule has 0 saturated heterocycles. The summed E-state index contributed by atoms with van der Waals surface area (Å²) >= 11 is 0. The van der Waals surface area contributed by atoms with Crippen LogP contribution < -0.4 is 24.8 Å². The van der Waals surface area contributed by atoms with Crippen LogP contribution in [0.1, 0.15) is 16.9 Å². The lowest BCUT2D eigenvalue weighted by Gasteiger charge is -2.13. The summed E-state index contributed by atoms with van der Waals surface area (Å²) in [6, 6.07) is 17.8. The Kier molecular flexibility index (Phi) is 8.86. The average Bonchev–Trinajstić information content (AvgIpc) is 3.36. The molecule has 0 radical (unpaired) electrons. The van der Waals surface area contributed by atoms with Crippen molar-refractivity contribution in [2.75, 3.05) is 34.4 Å². The Morgan fingerprint density at radius 2 is 1.53 bits per heavy atom. The lowest BCUT2D eigenvalue weighted by atomic mass is 10.1. The van der Waals surface area contributed by atoms with E-state index in [1.54, 1.807) is 27.6 Å². The molecule has 2 aromatic carbocycles. The zero-order valence-electron chi connectivity index (χ0n) is 18.9. The molecule has 3 aromatic rings. The van der Waals surface area contributed by atoms with E-state index in [1.807, 2.05) is 42.5 Å². The summed E-state index contributed by atoms with van der Waals surface area (Å²) in [7, 11) is 4.93. The molecule has 0 spiro atoms. The third-order valence-corrected chi connectivity index (χ3v) is 4.98. The van der Waals surface area contributed by atoms with Crippen molar-refractivity contribution >= 4 is 5.96 Å². The van der Waals surface area contributed by atoms with E-state index in [0.717, 1.165) is 42.4 Å². The van der Waals surface area contributed by atoms with Crippen LogP contribution in [0.15, 0.2) is 70.3 Å². The van der Waals surface area contributed by atoms with Gasteiger partial charge < -0.3 is 29.3 Å². The molecule has 0 aliphatic heterocycles. The van der Waals surface area contributed by atoms with E-state index in [0.29, 0.717) is 24.6 Å². The second-order valence-electron chi connectivity index (χ2n) is 7.14. The molecular formula is C25H31N3O4. The molecular weight excluding hydrogens is 406 g/mol. The minimum Gasteiger partial charge on any atom is -0.497 e. The van der Waals surface area contributed by atoms with Crippen molar-refractivity contribution in [2.24, 2.45) is 4.99 Å². The molecule has 0 fully saturated rings. The smallest absolute Gasteiger partial charge is 0.191 e. The Labute approximate surface area is 189 Å². The third-order valence-electron chi connectivity index (χ3n) is 4.98. The lowest BCUT2D eigenvalue weighted by molar-refractivity contribution is 0.354. The number of nitrogens with zero attached hydrogens (tertiary/aromatic N) is 1. The molecule has 1 heterocycles. The number of rotatable bonds is 11. The molecule has 0 amide bonds. The molecule has 170 valence electrons. The number of ether oxygens (including phenoxy) is 3. The molecule has 0 aliphatic rings. The van der Waals surface area contributed by atoms with Crippen LogP contribution in [0, 0.1) is 0 Å². The van der Waals surface area contributed by atoms with Crippen LogP contribution in [0.3, 0.4) is 0 Å². The highest BCUT2D eigenvalue weighted by atomic mass is 16.5. The fourth-order valence-electron chi connectivity index (χ4n) is 3.20. The summed E-state index contributed by atoms with van der Waals surface area (Å²) in [5.74, 6) is 3.95. The van der Waals surface area contributed by atoms with Crippen molar-refractivity contribution < 1.29 is 18.6 Å². The van der Waals surface area contributed by atoms with Gasteiger partial charge in [0, 0.05) is 19.5 Å². The summed E-state index contributed by atoms with van der Waals surface area (Å²) < 4.78 is 21.3. The fraction of sp³-hybridized carbons (Fsp3) is 0.320. The average molecular weight is 438 g/mol. The molecule has 7 heteroatoms. The first-order chi connectivity index (χ1) is 15.7. The zero-order chi connectivity index (χ0) is 22.6. The second-order valence-corrected chi connectivity index (χ2v) is 7.14. The van der Waals surface area contributed by atoms with E-state index in [2.05, 4.69) is 22.8 Å². The Bertz CT molecular complexity index is 969. The molecule has 2 N–H and O–H groups in total. The van der Waals surface area contributed by atoms with Crippen molar-refractivity contribution in [3.63, 3.8) is 0 Å². The standard InChI is InChI=1S/C25H31N3O4/c1-29-21-9-6-19(7-10-21)12-14-26-25(27-15-13-22-5-4-16-32-22)28-18-20-8-11-23(30-2)24(17-20)31-3/h4-11,16-17H,12-15,18H2,1-3H3,(H2,26,27,28). The van der Waals surface area contributed by atoms with Gasteiger partial charge in [-0.1, -0.05) is 18.2 Å². The van der Waals surface area contributed by atoms with Crippen molar-refractivity contribution in [3.8, 4) is 17.2 Å². The summed E-state index contributed by atoms with van der Waals surface area (Å²) in [6.45, 7) is 1.98. The Balaban J connectivity index is 1.60. The van der Waals surface area contributed by atoms with E-state index in [4.69, 9.17) is 23.6 Å². The van der Waals surface area contributed by atoms with Crippen molar-refractivity contribution in [2.45, 2.75) is 19.4 Å². The monoisotopic (exact) mass is 437 g/mol. The minimum atomic E-state index is 0.513. The first-order valence-electron chi connectivity index (χ1n) is 10.6. The van der Waals surface area contributed by atoms with Gasteiger partial charge in [-0.25, -0.2) is 4.99 Å². The van der Waals surface area contributed by atoms with Gasteiger partial charge in [-0.3, -0.25) is 0 Å². The quantitative estimate of drug-likeness (QED) is 0.351. The first-order valence-corrected chi connectivity index (χ1v) is 10.6. The number of guanidine groups is 1. The van der Waals surface area contributed by atoms with E-state index >= 15 is 0 Å². The summed E-state index contributed by atoms with van der Waals surface area (Å²) in [6.07, 6.45) is 3.34. The normalized spacial score (nSPS) is 11.2. The number of methoxy groups -OCH3 is 3. The number of benzene rings is 2. The molecule has 0 saturated carbocycles. The van der Waals surface area contributed by atoms with Crippen LogP contribution >= 0.6 is 0 Å². The van der Waals surface area contributed by atoms with Gasteiger partial charge in [-0.05, 0) is 53.9 Å². The largest absolute Gasteiger partial charge is 0.497 e. The molecule has 3 rings (SSSR count). The summed E-state index contributed by atoms with van der Waals surface area (Å²) in [4.78, 5) is 4.75. The van der Waals surface area contributed by atoms with Gasteiger partial charge in [0.2, 0.25) is 0 Å². The van der Waals surface area contributed by atoms with Crippen LogP contribution in [0.2, 0.25) is 0 Å². The molecule has 0 aliphatic carbocycles. The van der Waals surface area contributed by atoms with Gasteiger partial charge in [0.05, 0.1) is 34.1 Å². The number of nitrogens with one attached hydrogen (secondary N) is 2. The van der Waals surface area contributed by atoms with Crippen molar-refractivity contribution in [1.29, 1.82) is 0 Å². The lowest BCUT2D eigenvalue weighted by Crippen LogP contribution is -2.39. The molecule has 1 aromatic heterocycles. The fourth-order valence-corrected chi connectivity index (χ4v) is 3.20. The SMILES string of the molecule is COc1ccc(CCNC(=NCc2ccc(OC)c(OC)c2)NCCc2ccco2)cc1. The number of hydrogen-bond acceptors (Lipinski definition) is 5. The predicted molar refractivity (Wildman–Crippen MR) is 126 cm³/mol. The highest BCUT2D eigenvalue weighted by Gasteiger charge is 2.06. The highest BCUT2D eigenvalue weighted by Crippen LogP contribution is 2.27. The molecule has 0 bridgehead atoms. The maximum atomic E-state index is 5.41. The maximum absolute atomic E-state index is 5.41. The van der Waals surface area contributed by atoms with Gasteiger partial charge >= 0.3 is 0 Å². The summed E-state index contributed by atoms with van der Waals surface area (Å²) in [5, 5.41) is 6.81. The van der Waals surface area contributed by atoms with Crippen molar-refractivity contribution in [1.82, 2.24) is 10.6 Å². The molecule has 0 unspecified atom stereocenters. The van der Waals surface area contributed by atoms with Crippen LogP contribution in [0.4, 0.5) is 0 Å². The zero-order valence-corrected chi connectivity index (χ0v) is 18.9. The van der Waals surface area contributed by atoms with E-state index in [-0.39, 0.29) is 0 Å². The number of furan rings is 1. The Morgan fingerprint density at radius 1 is 0.812 bits per heavy atom. The topological polar surface area (TPSA) is 77.2 Å². The summed E-state index contributed by atoms with van der Waals surface area (Å²) in [5.41, 5.74) is 2.26. The molecule has 32 heavy (non-hydrogen) atoms. The van der Waals surface area contributed by atoms with Crippen LogP contribution in [-0.4, -0.2) is 40.4 Å². The van der Waals surface area contributed by atoms with Crippen molar-refractivity contribution in [3.05, 3.63) is 77.7 Å². The number of aliphatic imine (C=N–C) groups is 1. The second kappa shape index (κ2) is 12.3. The van der Waals surface area contributed by atoms with Gasteiger partial charge in [-0.2, -0.15) is 0 Å². The van der Waals surface area contributed by atoms with Crippen LogP contribution in [-0.2, 0) is 19.4 Å². The maximum Gasteiger partial charge on any atom is 0.191 e. The van der Waals surface area contributed by atoms with E-state index < -0.39 is 0 Å². The van der Waals surface area contributed by atoms with Gasteiger partial charge in [0.25, 0.3) is 0 Å². The van der Waals surface area contributed by atoms with Gasteiger partial charge in [0.15, 0.2) is 17.5 Å². The predicted octanol–water partition coefficient (Wildman–Crippen LogP) is 3.83. The third kappa shape index (κ3) is 6.97. The van der Waals surface area contributed by atoms with Gasteiger partial charge in [0.1, 0.15) is 11.5 Å². The number of hydrogen-bond donors (Lipinski definition) is 2. The van der Waals surface area contributed by atoms with Crippen LogP contribution in [0.5, 0.6) is 17.2 Å². The van der Waals surface area contributed by atoms with Crippen LogP contribution in [0.25, 0.3) is 0 Å². The highest BCUT2D eigenvalue weighted by molar-refractivity contribution is 5.79. The molecule has 7 nitrogen and oxygen atoms in total. The molecule has 0 atom stereocenters. The first kappa shape index (κ1) is 23.1. The van der Waals surface area contributed by atoms with E-state index in [1.165, 1.54) is 5.56 Å². The van der Waals surface area contributed by atoms with E-state index in [9.17, 15) is 0 Å². The minimum absolute atomic E-state index is 0.513. The Hall–Kier alpha value is -3.61.